The minimum Gasteiger partial charge on any atom is -0.390 e. The van der Waals surface area contributed by atoms with E-state index in [1.165, 1.54) is 0 Å². The van der Waals surface area contributed by atoms with Crippen molar-refractivity contribution in [1.29, 1.82) is 0 Å². The molecule has 5 nitrogen and oxygen atoms in total. The van der Waals surface area contributed by atoms with Gasteiger partial charge < -0.3 is 14.7 Å². The molecule has 0 radical (unpaired) electrons. The van der Waals surface area contributed by atoms with Crippen LogP contribution in [0.25, 0.3) is 0 Å². The number of aliphatic hydroxyl groups is 1. The number of hydrogen-bond donors (Lipinski definition) is 1. The maximum absolute atomic E-state index is 9.58. The molecule has 0 unspecified atom stereocenters. The minimum atomic E-state index is -0.0839. The highest BCUT2D eigenvalue weighted by Gasteiger charge is 2.47. The topological polar surface area (TPSA) is 58.5 Å². The van der Waals surface area contributed by atoms with Crippen molar-refractivity contribution in [2.24, 2.45) is 11.3 Å². The summed E-state index contributed by atoms with van der Waals surface area (Å²) in [4.78, 5) is 11.3. The zero-order valence-corrected chi connectivity index (χ0v) is 15.1. The molecule has 0 bridgehead atoms. The molecule has 6 heteroatoms. The molecule has 1 aromatic heterocycles. The molecule has 22 heavy (non-hydrogen) atoms. The predicted octanol–water partition coefficient (Wildman–Crippen LogP) is 2.68. The van der Waals surface area contributed by atoms with Gasteiger partial charge in [0, 0.05) is 18.5 Å². The van der Waals surface area contributed by atoms with E-state index < -0.39 is 0 Å². The first-order valence-electron chi connectivity index (χ1n) is 7.97. The summed E-state index contributed by atoms with van der Waals surface area (Å²) in [6.07, 6.45) is 2.58. The quantitative estimate of drug-likeness (QED) is 0.868. The van der Waals surface area contributed by atoms with E-state index in [1.54, 1.807) is 0 Å². The SMILES string of the molecule is Cc1nc(N2CCC3(CC2)CO[C@@H](C)[C@H]3C)c(CO)nc1Br. The predicted molar refractivity (Wildman–Crippen MR) is 88.8 cm³/mol. The van der Waals surface area contributed by atoms with Gasteiger partial charge >= 0.3 is 0 Å². The van der Waals surface area contributed by atoms with Gasteiger partial charge in [0.15, 0.2) is 5.82 Å². The Hall–Kier alpha value is -0.720. The lowest BCUT2D eigenvalue weighted by Crippen LogP contribution is -2.44. The Morgan fingerprint density at radius 3 is 2.55 bits per heavy atom. The third-order valence-corrected chi connectivity index (χ3v) is 6.33. The van der Waals surface area contributed by atoms with Gasteiger partial charge in [-0.1, -0.05) is 6.92 Å². The average molecular weight is 370 g/mol. The lowest BCUT2D eigenvalue weighted by Gasteiger charge is -2.42. The first-order valence-corrected chi connectivity index (χ1v) is 8.76. The highest BCUT2D eigenvalue weighted by molar-refractivity contribution is 9.10. The summed E-state index contributed by atoms with van der Waals surface area (Å²) in [6.45, 7) is 9.11. The third kappa shape index (κ3) is 2.65. The van der Waals surface area contributed by atoms with Crippen LogP contribution >= 0.6 is 15.9 Å². The van der Waals surface area contributed by atoms with Gasteiger partial charge in [0.25, 0.3) is 0 Å². The van der Waals surface area contributed by atoms with Gasteiger partial charge in [-0.05, 0) is 48.5 Å². The summed E-state index contributed by atoms with van der Waals surface area (Å²) in [5, 5.41) is 9.58. The Labute approximate surface area is 140 Å². The number of aliphatic hydroxyl groups excluding tert-OH is 1. The van der Waals surface area contributed by atoms with E-state index in [9.17, 15) is 5.11 Å². The van der Waals surface area contributed by atoms with Crippen LogP contribution in [-0.2, 0) is 11.3 Å². The van der Waals surface area contributed by atoms with E-state index in [4.69, 9.17) is 4.74 Å². The molecule has 2 aliphatic rings. The smallest absolute Gasteiger partial charge is 0.153 e. The Kier molecular flexibility index (Phi) is 4.45. The maximum atomic E-state index is 9.58. The van der Waals surface area contributed by atoms with E-state index >= 15 is 0 Å². The van der Waals surface area contributed by atoms with E-state index in [0.717, 1.165) is 44.0 Å². The van der Waals surface area contributed by atoms with Crippen LogP contribution in [0.5, 0.6) is 0 Å². The average Bonchev–Trinajstić information content (AvgIpc) is 2.79. The summed E-state index contributed by atoms with van der Waals surface area (Å²) >= 11 is 3.39. The molecular weight excluding hydrogens is 346 g/mol. The lowest BCUT2D eigenvalue weighted by atomic mass is 9.70. The first kappa shape index (κ1) is 16.1. The van der Waals surface area contributed by atoms with Crippen molar-refractivity contribution in [2.75, 3.05) is 24.6 Å². The van der Waals surface area contributed by atoms with Crippen LogP contribution in [0.2, 0.25) is 0 Å². The van der Waals surface area contributed by atoms with Crippen LogP contribution in [0.1, 0.15) is 38.1 Å². The highest BCUT2D eigenvalue weighted by atomic mass is 79.9. The monoisotopic (exact) mass is 369 g/mol. The van der Waals surface area contributed by atoms with Crippen LogP contribution < -0.4 is 4.90 Å². The molecule has 0 aliphatic carbocycles. The molecule has 1 spiro atoms. The molecule has 0 aromatic carbocycles. The van der Waals surface area contributed by atoms with Crippen LogP contribution in [0.4, 0.5) is 5.82 Å². The maximum Gasteiger partial charge on any atom is 0.153 e. The van der Waals surface area contributed by atoms with E-state index in [1.807, 2.05) is 6.92 Å². The number of anilines is 1. The summed E-state index contributed by atoms with van der Waals surface area (Å²) < 4.78 is 6.60. The summed E-state index contributed by atoms with van der Waals surface area (Å²) in [5.41, 5.74) is 1.82. The number of nitrogens with zero attached hydrogens (tertiary/aromatic N) is 3. The normalized spacial score (nSPS) is 27.6. The van der Waals surface area contributed by atoms with Crippen LogP contribution in [0.15, 0.2) is 4.60 Å². The number of halogens is 1. The first-order chi connectivity index (χ1) is 10.5. The molecule has 122 valence electrons. The summed E-state index contributed by atoms with van der Waals surface area (Å²) in [6, 6.07) is 0. The van der Waals surface area contributed by atoms with E-state index in [2.05, 4.69) is 44.6 Å². The van der Waals surface area contributed by atoms with E-state index in [-0.39, 0.29) is 6.61 Å². The molecule has 1 aromatic rings. The number of rotatable bonds is 2. The molecule has 2 fully saturated rings. The molecule has 0 saturated carbocycles. The number of hydrogen-bond acceptors (Lipinski definition) is 5. The summed E-state index contributed by atoms with van der Waals surface area (Å²) in [5.74, 6) is 1.43. The van der Waals surface area contributed by atoms with Crippen molar-refractivity contribution in [3.63, 3.8) is 0 Å². The second-order valence-corrected chi connectivity index (χ2v) is 7.43. The van der Waals surface area contributed by atoms with Crippen LogP contribution in [-0.4, -0.2) is 40.9 Å². The van der Waals surface area contributed by atoms with Crippen molar-refractivity contribution in [2.45, 2.75) is 46.3 Å². The molecule has 2 aliphatic heterocycles. The van der Waals surface area contributed by atoms with Crippen LogP contribution in [0, 0.1) is 18.3 Å². The van der Waals surface area contributed by atoms with Gasteiger partial charge in [-0.15, -0.1) is 0 Å². The second kappa shape index (κ2) is 6.06. The molecule has 3 heterocycles. The fourth-order valence-corrected chi connectivity index (χ4v) is 4.02. The van der Waals surface area contributed by atoms with Gasteiger partial charge in [0.05, 0.1) is 25.0 Å². The molecule has 2 atom stereocenters. The fourth-order valence-electron chi connectivity index (χ4n) is 3.71. The fraction of sp³-hybridized carbons (Fsp3) is 0.750. The Morgan fingerprint density at radius 1 is 1.32 bits per heavy atom. The number of aromatic nitrogens is 2. The van der Waals surface area contributed by atoms with Gasteiger partial charge in [-0.25, -0.2) is 9.97 Å². The van der Waals surface area contributed by atoms with Crippen molar-refractivity contribution in [3.05, 3.63) is 16.0 Å². The zero-order valence-electron chi connectivity index (χ0n) is 13.5. The zero-order chi connectivity index (χ0) is 15.9. The van der Waals surface area contributed by atoms with Crippen LogP contribution in [0.3, 0.4) is 0 Å². The van der Waals surface area contributed by atoms with Gasteiger partial charge in [-0.2, -0.15) is 0 Å². The third-order valence-electron chi connectivity index (χ3n) is 5.58. The molecule has 2 saturated heterocycles. The highest BCUT2D eigenvalue weighted by Crippen LogP contribution is 2.46. The Balaban J connectivity index is 1.78. The van der Waals surface area contributed by atoms with Gasteiger partial charge in [0.1, 0.15) is 10.3 Å². The van der Waals surface area contributed by atoms with Crippen molar-refractivity contribution in [3.8, 4) is 0 Å². The lowest BCUT2D eigenvalue weighted by molar-refractivity contribution is 0.0969. The number of aryl methyl sites for hydroxylation is 1. The second-order valence-electron chi connectivity index (χ2n) is 6.68. The van der Waals surface area contributed by atoms with Crippen molar-refractivity contribution in [1.82, 2.24) is 9.97 Å². The molecule has 1 N–H and O–H groups in total. The Morgan fingerprint density at radius 2 is 2.00 bits per heavy atom. The summed E-state index contributed by atoms with van der Waals surface area (Å²) in [7, 11) is 0. The molecule has 3 rings (SSSR count). The standard InChI is InChI=1S/C16H24BrN3O2/c1-10-12(3)22-9-16(10)4-6-20(7-5-16)15-13(8-21)19-14(17)11(2)18-15/h10,12,21H,4-9H2,1-3H3/t10-,12+/m1/s1. The largest absolute Gasteiger partial charge is 0.390 e. The number of ether oxygens (including phenoxy) is 1. The minimum absolute atomic E-state index is 0.0839. The van der Waals surface area contributed by atoms with Gasteiger partial charge in [-0.3, -0.25) is 0 Å². The number of piperidine rings is 1. The van der Waals surface area contributed by atoms with Crippen molar-refractivity contribution >= 4 is 21.7 Å². The van der Waals surface area contributed by atoms with Crippen molar-refractivity contribution < 1.29 is 9.84 Å². The van der Waals surface area contributed by atoms with E-state index in [0.29, 0.717) is 27.7 Å². The van der Waals surface area contributed by atoms with Gasteiger partial charge in [0.2, 0.25) is 0 Å². The molecular formula is C16H24BrN3O2. The molecule has 0 amide bonds. The Bertz CT molecular complexity index is 559.